The van der Waals surface area contributed by atoms with Crippen molar-refractivity contribution >= 4 is 21.8 Å². The molecule has 1 amide bonds. The van der Waals surface area contributed by atoms with Crippen LogP contribution in [0.4, 0.5) is 0 Å². The van der Waals surface area contributed by atoms with Crippen LogP contribution in [-0.4, -0.2) is 5.91 Å². The molecule has 0 aliphatic carbocycles. The standard InChI is InChI=1S/C16H17BrN2O/c1-11(13-8-5-9-14(17)10-13)19-16(20)15(18)12-6-3-2-4-7-12/h2-11,15H,18H2,1H3,(H,19,20)/t11?,15-/m1/s1. The maximum absolute atomic E-state index is 12.2. The molecule has 4 heteroatoms. The second-order valence-electron chi connectivity index (χ2n) is 4.67. The Labute approximate surface area is 127 Å². The average molecular weight is 333 g/mol. The first-order valence-corrected chi connectivity index (χ1v) is 7.23. The summed E-state index contributed by atoms with van der Waals surface area (Å²) in [5.74, 6) is -0.177. The van der Waals surface area contributed by atoms with Crippen molar-refractivity contribution in [1.82, 2.24) is 5.32 Å². The van der Waals surface area contributed by atoms with Gasteiger partial charge in [0.2, 0.25) is 5.91 Å². The van der Waals surface area contributed by atoms with Crippen LogP contribution in [0.15, 0.2) is 59.1 Å². The van der Waals surface area contributed by atoms with Crippen LogP contribution in [0.3, 0.4) is 0 Å². The van der Waals surface area contributed by atoms with Crippen molar-refractivity contribution in [3.8, 4) is 0 Å². The van der Waals surface area contributed by atoms with Crippen molar-refractivity contribution in [1.29, 1.82) is 0 Å². The zero-order valence-electron chi connectivity index (χ0n) is 11.2. The van der Waals surface area contributed by atoms with Gasteiger partial charge in [-0.15, -0.1) is 0 Å². The quantitative estimate of drug-likeness (QED) is 0.902. The summed E-state index contributed by atoms with van der Waals surface area (Å²) in [5.41, 5.74) is 7.82. The molecule has 2 aromatic carbocycles. The Morgan fingerprint density at radius 1 is 1.10 bits per heavy atom. The van der Waals surface area contributed by atoms with E-state index < -0.39 is 6.04 Å². The highest BCUT2D eigenvalue weighted by Gasteiger charge is 2.18. The van der Waals surface area contributed by atoms with E-state index >= 15 is 0 Å². The van der Waals surface area contributed by atoms with Crippen LogP contribution < -0.4 is 11.1 Å². The molecule has 0 bridgehead atoms. The van der Waals surface area contributed by atoms with E-state index in [0.717, 1.165) is 15.6 Å². The molecule has 3 nitrogen and oxygen atoms in total. The molecule has 2 aromatic rings. The van der Waals surface area contributed by atoms with Crippen LogP contribution in [0.5, 0.6) is 0 Å². The fourth-order valence-electron chi connectivity index (χ4n) is 1.97. The van der Waals surface area contributed by atoms with Crippen LogP contribution in [0, 0.1) is 0 Å². The van der Waals surface area contributed by atoms with Gasteiger partial charge in [0.15, 0.2) is 0 Å². The third kappa shape index (κ3) is 3.68. The van der Waals surface area contributed by atoms with Gasteiger partial charge in [-0.25, -0.2) is 0 Å². The smallest absolute Gasteiger partial charge is 0.241 e. The van der Waals surface area contributed by atoms with Gasteiger partial charge in [-0.3, -0.25) is 4.79 Å². The molecule has 0 heterocycles. The molecule has 20 heavy (non-hydrogen) atoms. The average Bonchev–Trinajstić information content (AvgIpc) is 2.47. The maximum atomic E-state index is 12.2. The van der Waals surface area contributed by atoms with Crippen molar-refractivity contribution in [2.45, 2.75) is 19.0 Å². The summed E-state index contributed by atoms with van der Waals surface area (Å²) in [6.45, 7) is 1.94. The lowest BCUT2D eigenvalue weighted by Crippen LogP contribution is -2.35. The second-order valence-corrected chi connectivity index (χ2v) is 5.59. The second kappa shape index (κ2) is 6.68. The minimum atomic E-state index is -0.647. The van der Waals surface area contributed by atoms with Gasteiger partial charge in [0, 0.05) is 4.47 Å². The molecule has 0 saturated heterocycles. The topological polar surface area (TPSA) is 55.1 Å². The van der Waals surface area contributed by atoms with E-state index in [9.17, 15) is 4.79 Å². The van der Waals surface area contributed by atoms with Gasteiger partial charge in [-0.05, 0) is 30.2 Å². The van der Waals surface area contributed by atoms with E-state index in [4.69, 9.17) is 5.73 Å². The third-order valence-electron chi connectivity index (χ3n) is 3.15. The molecule has 0 aliphatic rings. The normalized spacial score (nSPS) is 13.6. The van der Waals surface area contributed by atoms with E-state index in [2.05, 4.69) is 21.2 Å². The summed E-state index contributed by atoms with van der Waals surface area (Å²) >= 11 is 3.42. The minimum absolute atomic E-state index is 0.0882. The van der Waals surface area contributed by atoms with Gasteiger partial charge in [0.25, 0.3) is 0 Å². The number of benzene rings is 2. The fourth-order valence-corrected chi connectivity index (χ4v) is 2.39. The van der Waals surface area contributed by atoms with Gasteiger partial charge in [-0.1, -0.05) is 58.4 Å². The molecule has 0 fully saturated rings. The van der Waals surface area contributed by atoms with Gasteiger partial charge in [-0.2, -0.15) is 0 Å². The molecule has 0 aromatic heterocycles. The van der Waals surface area contributed by atoms with Gasteiger partial charge in [0.05, 0.1) is 6.04 Å². The molecule has 0 aliphatic heterocycles. The Balaban J connectivity index is 2.04. The predicted molar refractivity (Wildman–Crippen MR) is 84.1 cm³/mol. The Kier molecular flexibility index (Phi) is 4.93. The molecule has 104 valence electrons. The van der Waals surface area contributed by atoms with Crippen molar-refractivity contribution in [3.05, 3.63) is 70.2 Å². The Morgan fingerprint density at radius 3 is 2.40 bits per heavy atom. The van der Waals surface area contributed by atoms with Crippen LogP contribution >= 0.6 is 15.9 Å². The molecule has 0 spiro atoms. The van der Waals surface area contributed by atoms with Crippen molar-refractivity contribution in [2.75, 3.05) is 0 Å². The largest absolute Gasteiger partial charge is 0.348 e. The maximum Gasteiger partial charge on any atom is 0.241 e. The van der Waals surface area contributed by atoms with Crippen molar-refractivity contribution in [3.63, 3.8) is 0 Å². The number of hydrogen-bond acceptors (Lipinski definition) is 2. The van der Waals surface area contributed by atoms with E-state index in [0.29, 0.717) is 0 Å². The number of halogens is 1. The number of rotatable bonds is 4. The zero-order valence-corrected chi connectivity index (χ0v) is 12.8. The first-order chi connectivity index (χ1) is 9.58. The van der Waals surface area contributed by atoms with E-state index in [1.165, 1.54) is 0 Å². The lowest BCUT2D eigenvalue weighted by atomic mass is 10.1. The molecule has 2 rings (SSSR count). The Bertz CT molecular complexity index is 586. The minimum Gasteiger partial charge on any atom is -0.348 e. The Hall–Kier alpha value is -1.65. The summed E-state index contributed by atoms with van der Waals surface area (Å²) in [5, 5.41) is 2.94. The van der Waals surface area contributed by atoms with Crippen LogP contribution in [0.25, 0.3) is 0 Å². The van der Waals surface area contributed by atoms with Gasteiger partial charge < -0.3 is 11.1 Å². The summed E-state index contributed by atoms with van der Waals surface area (Å²) in [6, 6.07) is 16.5. The summed E-state index contributed by atoms with van der Waals surface area (Å²) in [4.78, 5) is 12.2. The van der Waals surface area contributed by atoms with Gasteiger partial charge >= 0.3 is 0 Å². The van der Waals surface area contributed by atoms with Crippen LogP contribution in [0.2, 0.25) is 0 Å². The summed E-state index contributed by atoms with van der Waals surface area (Å²) < 4.78 is 0.989. The highest BCUT2D eigenvalue weighted by atomic mass is 79.9. The fraction of sp³-hybridized carbons (Fsp3) is 0.188. The first kappa shape index (κ1) is 14.8. The number of nitrogens with one attached hydrogen (secondary N) is 1. The SMILES string of the molecule is CC(NC(=O)[C@H](N)c1ccccc1)c1cccc(Br)c1. The molecule has 0 saturated carbocycles. The molecule has 3 N–H and O–H groups in total. The molecule has 2 atom stereocenters. The first-order valence-electron chi connectivity index (χ1n) is 6.44. The number of carbonyl (C=O) groups excluding carboxylic acids is 1. The molecule has 0 radical (unpaired) electrons. The molecular weight excluding hydrogens is 316 g/mol. The number of amides is 1. The predicted octanol–water partition coefficient (Wildman–Crippen LogP) is 3.33. The van der Waals surface area contributed by atoms with Crippen LogP contribution in [0.1, 0.15) is 30.1 Å². The van der Waals surface area contributed by atoms with E-state index in [1.807, 2.05) is 61.5 Å². The van der Waals surface area contributed by atoms with E-state index in [1.54, 1.807) is 0 Å². The summed E-state index contributed by atoms with van der Waals surface area (Å²) in [7, 11) is 0. The van der Waals surface area contributed by atoms with Gasteiger partial charge in [0.1, 0.15) is 6.04 Å². The van der Waals surface area contributed by atoms with Crippen LogP contribution in [-0.2, 0) is 4.79 Å². The monoisotopic (exact) mass is 332 g/mol. The molecule has 1 unspecified atom stereocenters. The Morgan fingerprint density at radius 2 is 1.75 bits per heavy atom. The zero-order chi connectivity index (χ0) is 14.5. The number of nitrogens with two attached hydrogens (primary N) is 1. The highest BCUT2D eigenvalue weighted by molar-refractivity contribution is 9.10. The third-order valence-corrected chi connectivity index (χ3v) is 3.64. The number of hydrogen-bond donors (Lipinski definition) is 2. The number of carbonyl (C=O) groups is 1. The van der Waals surface area contributed by atoms with E-state index in [-0.39, 0.29) is 11.9 Å². The molecular formula is C16H17BrN2O. The summed E-state index contributed by atoms with van der Waals surface area (Å²) in [6.07, 6.45) is 0. The van der Waals surface area contributed by atoms with Crippen molar-refractivity contribution < 1.29 is 4.79 Å². The highest BCUT2D eigenvalue weighted by Crippen LogP contribution is 2.19. The lowest BCUT2D eigenvalue weighted by Gasteiger charge is -2.18. The van der Waals surface area contributed by atoms with Crippen molar-refractivity contribution in [2.24, 2.45) is 5.73 Å². The lowest BCUT2D eigenvalue weighted by molar-refractivity contribution is -0.123.